The number of benzene rings is 1. The molecule has 0 saturated heterocycles. The summed E-state index contributed by atoms with van der Waals surface area (Å²) in [5.41, 5.74) is 4.17. The second-order valence-electron chi connectivity index (χ2n) is 8.36. The first-order chi connectivity index (χ1) is 13.4. The average Bonchev–Trinajstić information content (AvgIpc) is 3.16. The first kappa shape index (κ1) is 17.2. The zero-order valence-electron chi connectivity index (χ0n) is 16.4. The molecule has 5 heteroatoms. The summed E-state index contributed by atoms with van der Waals surface area (Å²) in [6.45, 7) is 3.57. The summed E-state index contributed by atoms with van der Waals surface area (Å²) in [6, 6.07) is 16.9. The summed E-state index contributed by atoms with van der Waals surface area (Å²) in [4.78, 5) is 0. The van der Waals surface area contributed by atoms with Crippen LogP contribution in [0, 0.1) is 0 Å². The molecule has 1 N–H and O–H groups in total. The highest BCUT2D eigenvalue weighted by Crippen LogP contribution is 2.53. The maximum absolute atomic E-state index is 10.5. The largest absolute Gasteiger partial charge is 0.386 e. The molecule has 0 amide bonds. The van der Waals surface area contributed by atoms with Gasteiger partial charge in [-0.05, 0) is 56.0 Å². The van der Waals surface area contributed by atoms with Crippen molar-refractivity contribution in [2.24, 2.45) is 7.05 Å². The predicted octanol–water partition coefficient (Wildman–Crippen LogP) is 4.04. The Morgan fingerprint density at radius 2 is 1.68 bits per heavy atom. The Hall–Kier alpha value is -2.92. The number of aryl methyl sites for hydroxylation is 1. The molecule has 142 valence electrons. The van der Waals surface area contributed by atoms with Gasteiger partial charge >= 0.3 is 0 Å². The zero-order chi connectivity index (χ0) is 19.5. The van der Waals surface area contributed by atoms with Crippen LogP contribution in [0.2, 0.25) is 0 Å². The molecule has 0 atom stereocenters. The molecule has 28 heavy (non-hydrogen) atoms. The van der Waals surface area contributed by atoms with Crippen molar-refractivity contribution in [3.05, 3.63) is 77.9 Å². The summed E-state index contributed by atoms with van der Waals surface area (Å²) >= 11 is 0. The molecule has 5 nitrogen and oxygen atoms in total. The molecule has 1 aliphatic carbocycles. The van der Waals surface area contributed by atoms with Gasteiger partial charge in [-0.3, -0.25) is 4.40 Å². The van der Waals surface area contributed by atoms with E-state index in [0.29, 0.717) is 0 Å². The predicted molar refractivity (Wildman–Crippen MR) is 109 cm³/mol. The van der Waals surface area contributed by atoms with E-state index in [0.717, 1.165) is 29.9 Å². The first-order valence-corrected chi connectivity index (χ1v) is 9.69. The van der Waals surface area contributed by atoms with E-state index < -0.39 is 5.60 Å². The standard InChI is InChI=1S/C23H24N4O/c1-22(2,28)18-6-4-15-27-20(18)24-25-21(27)23(12-13-23)17-10-8-16(9-11-17)19-7-5-14-26(19)3/h4-11,14-15,28H,12-13H2,1-3H3. The number of aromatic nitrogens is 4. The molecular formula is C23H24N4O. The van der Waals surface area contributed by atoms with Crippen molar-refractivity contribution in [1.29, 1.82) is 0 Å². The second kappa shape index (κ2) is 5.79. The SMILES string of the molecule is Cn1cccc1-c1ccc(C2(c3nnc4c(C(C)(C)O)cccn34)CC2)cc1. The van der Waals surface area contributed by atoms with Crippen LogP contribution in [-0.4, -0.2) is 24.3 Å². The van der Waals surface area contributed by atoms with Gasteiger partial charge in [-0.2, -0.15) is 0 Å². The van der Waals surface area contributed by atoms with E-state index in [1.807, 2.05) is 22.7 Å². The van der Waals surface area contributed by atoms with Gasteiger partial charge < -0.3 is 9.67 Å². The molecule has 0 unspecified atom stereocenters. The lowest BCUT2D eigenvalue weighted by molar-refractivity contribution is 0.0796. The summed E-state index contributed by atoms with van der Waals surface area (Å²) in [5, 5.41) is 19.5. The first-order valence-electron chi connectivity index (χ1n) is 9.69. The minimum atomic E-state index is -0.958. The van der Waals surface area contributed by atoms with Gasteiger partial charge in [0.15, 0.2) is 5.65 Å². The highest BCUT2D eigenvalue weighted by Gasteiger charge is 2.49. The van der Waals surface area contributed by atoms with Crippen LogP contribution < -0.4 is 0 Å². The number of aliphatic hydroxyl groups is 1. The fourth-order valence-corrected chi connectivity index (χ4v) is 4.21. The van der Waals surface area contributed by atoms with Crippen molar-refractivity contribution in [2.45, 2.75) is 37.7 Å². The van der Waals surface area contributed by atoms with Crippen molar-refractivity contribution in [3.63, 3.8) is 0 Å². The summed E-state index contributed by atoms with van der Waals surface area (Å²) in [5.74, 6) is 0.959. The van der Waals surface area contributed by atoms with E-state index in [1.165, 1.54) is 16.8 Å². The van der Waals surface area contributed by atoms with E-state index in [1.54, 1.807) is 13.8 Å². The van der Waals surface area contributed by atoms with Gasteiger partial charge in [0.2, 0.25) is 0 Å². The molecule has 4 aromatic rings. The highest BCUT2D eigenvalue weighted by atomic mass is 16.3. The van der Waals surface area contributed by atoms with E-state index in [9.17, 15) is 5.11 Å². The van der Waals surface area contributed by atoms with Gasteiger partial charge in [0.25, 0.3) is 0 Å². The normalized spacial score (nSPS) is 15.9. The minimum Gasteiger partial charge on any atom is -0.386 e. The molecule has 1 saturated carbocycles. The van der Waals surface area contributed by atoms with Crippen LogP contribution >= 0.6 is 0 Å². The fourth-order valence-electron chi connectivity index (χ4n) is 4.21. The summed E-state index contributed by atoms with van der Waals surface area (Å²) < 4.78 is 4.18. The van der Waals surface area contributed by atoms with E-state index in [-0.39, 0.29) is 5.41 Å². The molecule has 0 spiro atoms. The maximum atomic E-state index is 10.5. The second-order valence-corrected chi connectivity index (χ2v) is 8.36. The van der Waals surface area contributed by atoms with Gasteiger partial charge in [-0.15, -0.1) is 10.2 Å². The third-order valence-corrected chi connectivity index (χ3v) is 5.95. The maximum Gasteiger partial charge on any atom is 0.166 e. The monoisotopic (exact) mass is 372 g/mol. The van der Waals surface area contributed by atoms with Crippen LogP contribution in [0.15, 0.2) is 60.9 Å². The number of pyridine rings is 1. The van der Waals surface area contributed by atoms with E-state index in [4.69, 9.17) is 0 Å². The van der Waals surface area contributed by atoms with Crippen molar-refractivity contribution in [2.75, 3.05) is 0 Å². The molecule has 0 aliphatic heterocycles. The topological polar surface area (TPSA) is 55.3 Å². The lowest BCUT2D eigenvalue weighted by Crippen LogP contribution is -2.18. The van der Waals surface area contributed by atoms with Crippen molar-refractivity contribution in [1.82, 2.24) is 19.2 Å². The average molecular weight is 372 g/mol. The van der Waals surface area contributed by atoms with E-state index >= 15 is 0 Å². The molecule has 1 fully saturated rings. The smallest absolute Gasteiger partial charge is 0.166 e. The molecule has 5 rings (SSSR count). The molecular weight excluding hydrogens is 348 g/mol. The Balaban J connectivity index is 1.58. The van der Waals surface area contributed by atoms with Crippen molar-refractivity contribution < 1.29 is 5.11 Å². The quantitative estimate of drug-likeness (QED) is 0.588. The third-order valence-electron chi connectivity index (χ3n) is 5.95. The van der Waals surface area contributed by atoms with Crippen molar-refractivity contribution >= 4 is 5.65 Å². The molecule has 3 aromatic heterocycles. The number of fused-ring (bicyclic) bond motifs is 1. The highest BCUT2D eigenvalue weighted by molar-refractivity contribution is 5.61. The molecule has 1 aliphatic rings. The Morgan fingerprint density at radius 1 is 0.964 bits per heavy atom. The minimum absolute atomic E-state index is 0.0929. The fraction of sp³-hybridized carbons (Fsp3) is 0.304. The van der Waals surface area contributed by atoms with Gasteiger partial charge in [-0.25, -0.2) is 0 Å². The van der Waals surface area contributed by atoms with Gasteiger partial charge in [0.05, 0.1) is 11.0 Å². The van der Waals surface area contributed by atoms with Crippen LogP contribution in [0.4, 0.5) is 0 Å². The molecule has 0 bridgehead atoms. The van der Waals surface area contributed by atoms with Crippen LogP contribution in [0.3, 0.4) is 0 Å². The molecule has 1 aromatic carbocycles. The number of rotatable bonds is 4. The number of hydrogen-bond donors (Lipinski definition) is 1. The molecule has 3 heterocycles. The lowest BCUT2D eigenvalue weighted by atomic mass is 9.93. The van der Waals surface area contributed by atoms with Gasteiger partial charge in [-0.1, -0.05) is 30.3 Å². The Bertz CT molecular complexity index is 1160. The van der Waals surface area contributed by atoms with E-state index in [2.05, 4.69) is 64.4 Å². The molecule has 0 radical (unpaired) electrons. The number of hydrogen-bond acceptors (Lipinski definition) is 3. The Kier molecular flexibility index (Phi) is 3.55. The number of nitrogens with zero attached hydrogens (tertiary/aromatic N) is 4. The summed E-state index contributed by atoms with van der Waals surface area (Å²) in [6.07, 6.45) is 6.18. The summed E-state index contributed by atoms with van der Waals surface area (Å²) in [7, 11) is 2.06. The van der Waals surface area contributed by atoms with Crippen LogP contribution in [0.1, 0.15) is 43.6 Å². The Morgan fingerprint density at radius 3 is 2.29 bits per heavy atom. The van der Waals surface area contributed by atoms with Gasteiger partial charge in [0, 0.05) is 30.7 Å². The zero-order valence-corrected chi connectivity index (χ0v) is 16.4. The lowest BCUT2D eigenvalue weighted by Gasteiger charge is -2.19. The van der Waals surface area contributed by atoms with Crippen LogP contribution in [0.5, 0.6) is 0 Å². The van der Waals surface area contributed by atoms with Crippen LogP contribution in [0.25, 0.3) is 16.9 Å². The Labute approximate surface area is 164 Å². The third kappa shape index (κ3) is 2.50. The van der Waals surface area contributed by atoms with Crippen molar-refractivity contribution in [3.8, 4) is 11.3 Å². The van der Waals surface area contributed by atoms with Gasteiger partial charge in [0.1, 0.15) is 5.82 Å². The van der Waals surface area contributed by atoms with Crippen LogP contribution in [-0.2, 0) is 18.1 Å².